The van der Waals surface area contributed by atoms with Crippen LogP contribution in [0.5, 0.6) is 0 Å². The highest BCUT2D eigenvalue weighted by Gasteiger charge is 2.23. The van der Waals surface area contributed by atoms with E-state index in [1.165, 1.54) is 0 Å². The van der Waals surface area contributed by atoms with Crippen molar-refractivity contribution < 1.29 is 14.2 Å². The standard InChI is InChI=1S/C22H29N5O2/c28-22(20-7-8-21(23-17-20)27-10-4-9-24-27)26(18-19-5-2-1-3-6-19)12-11-25-13-15-29-16-14-25/h1-2,4,7-10,17,19H,3,5-6,11-16,18H2/p+1/t19-/m1/s1. The van der Waals surface area contributed by atoms with Gasteiger partial charge in [0, 0.05) is 45.0 Å². The molecule has 2 aliphatic rings. The Kier molecular flexibility index (Phi) is 6.69. The molecule has 7 heteroatoms. The first-order valence-electron chi connectivity index (χ1n) is 10.6. The summed E-state index contributed by atoms with van der Waals surface area (Å²) in [5, 5.41) is 3.07. The van der Waals surface area contributed by atoms with Crippen molar-refractivity contribution in [2.24, 2.45) is 5.92 Å². The lowest BCUT2D eigenvalue weighted by atomic mass is 9.93. The lowest BCUT2D eigenvalue weighted by molar-refractivity contribution is -0.658. The van der Waals surface area contributed by atoms with Crippen LogP contribution < -0.4 is 4.68 Å². The van der Waals surface area contributed by atoms with Crippen LogP contribution in [0.25, 0.3) is 5.82 Å². The topological polar surface area (TPSA) is 65.3 Å². The molecule has 0 unspecified atom stereocenters. The largest absolute Gasteiger partial charge is 0.379 e. The molecule has 0 bridgehead atoms. The Labute approximate surface area is 172 Å². The number of ether oxygens (including phenoxy) is 1. The third-order valence-corrected chi connectivity index (χ3v) is 5.72. The summed E-state index contributed by atoms with van der Waals surface area (Å²) in [6.45, 7) is 5.89. The van der Waals surface area contributed by atoms with E-state index in [4.69, 9.17) is 4.74 Å². The zero-order valence-corrected chi connectivity index (χ0v) is 16.9. The minimum absolute atomic E-state index is 0.0725. The first-order chi connectivity index (χ1) is 14.3. The molecule has 154 valence electrons. The maximum absolute atomic E-state index is 13.3. The summed E-state index contributed by atoms with van der Waals surface area (Å²) in [5.74, 6) is 1.38. The Morgan fingerprint density at radius 2 is 2.21 bits per heavy atom. The van der Waals surface area contributed by atoms with Gasteiger partial charge >= 0.3 is 5.82 Å². The summed E-state index contributed by atoms with van der Waals surface area (Å²) >= 11 is 0. The SMILES string of the molecule is O=C(c1ccc(-[n+]2ccc[nH]2)nc1)N(CCN1CCOCC1)C[C@@H]1CC=CCC1. The molecule has 1 atom stereocenters. The molecule has 1 amide bonds. The molecule has 7 nitrogen and oxygen atoms in total. The van der Waals surface area contributed by atoms with Crippen LogP contribution in [0.2, 0.25) is 0 Å². The maximum atomic E-state index is 13.3. The zero-order valence-electron chi connectivity index (χ0n) is 16.9. The van der Waals surface area contributed by atoms with Crippen LogP contribution in [-0.4, -0.2) is 71.7 Å². The van der Waals surface area contributed by atoms with Gasteiger partial charge in [0.25, 0.3) is 5.91 Å². The normalized spacial score (nSPS) is 19.9. The fraction of sp³-hybridized carbons (Fsp3) is 0.500. The highest BCUT2D eigenvalue weighted by Crippen LogP contribution is 2.20. The molecular weight excluding hydrogens is 366 g/mol. The van der Waals surface area contributed by atoms with Crippen molar-refractivity contribution in [3.63, 3.8) is 0 Å². The van der Waals surface area contributed by atoms with Gasteiger partial charge < -0.3 is 9.64 Å². The third kappa shape index (κ3) is 5.31. The molecule has 1 saturated heterocycles. The zero-order chi connectivity index (χ0) is 19.9. The first-order valence-corrected chi connectivity index (χ1v) is 10.6. The number of allylic oxidation sites excluding steroid dienone is 2. The molecule has 0 radical (unpaired) electrons. The van der Waals surface area contributed by atoms with E-state index in [0.717, 1.165) is 71.0 Å². The monoisotopic (exact) mass is 396 g/mol. The average molecular weight is 397 g/mol. The third-order valence-electron chi connectivity index (χ3n) is 5.72. The molecule has 1 N–H and O–H groups in total. The number of carbonyl (C=O) groups excluding carboxylic acids is 1. The second-order valence-corrected chi connectivity index (χ2v) is 7.77. The Bertz CT molecular complexity index is 797. The molecule has 0 aromatic carbocycles. The van der Waals surface area contributed by atoms with Crippen molar-refractivity contribution in [1.29, 1.82) is 0 Å². The van der Waals surface area contributed by atoms with Gasteiger partial charge in [0.1, 0.15) is 6.20 Å². The first kappa shape index (κ1) is 19.8. The van der Waals surface area contributed by atoms with E-state index in [1.54, 1.807) is 6.20 Å². The van der Waals surface area contributed by atoms with Crippen LogP contribution in [0.3, 0.4) is 0 Å². The van der Waals surface area contributed by atoms with E-state index < -0.39 is 0 Å². The van der Waals surface area contributed by atoms with Crippen LogP contribution in [0.4, 0.5) is 0 Å². The molecule has 2 aromatic heterocycles. The highest BCUT2D eigenvalue weighted by molar-refractivity contribution is 5.94. The van der Waals surface area contributed by atoms with Crippen LogP contribution in [0, 0.1) is 5.92 Å². The molecule has 2 aromatic rings. The van der Waals surface area contributed by atoms with Crippen LogP contribution in [0.1, 0.15) is 29.6 Å². The molecule has 0 spiro atoms. The van der Waals surface area contributed by atoms with Crippen molar-refractivity contribution >= 4 is 5.91 Å². The predicted molar refractivity (Wildman–Crippen MR) is 110 cm³/mol. The molecule has 1 fully saturated rings. The second kappa shape index (κ2) is 9.80. The summed E-state index contributed by atoms with van der Waals surface area (Å²) in [6, 6.07) is 5.67. The number of aromatic amines is 1. The Morgan fingerprint density at radius 1 is 1.31 bits per heavy atom. The number of hydrogen-bond donors (Lipinski definition) is 1. The summed E-state index contributed by atoms with van der Waals surface area (Å²) in [5.41, 5.74) is 0.647. The van der Waals surface area contributed by atoms with Gasteiger partial charge in [-0.05, 0) is 42.3 Å². The molecule has 1 aliphatic carbocycles. The number of H-pyrrole nitrogens is 1. The van der Waals surface area contributed by atoms with Gasteiger partial charge in [0.2, 0.25) is 0 Å². The molecule has 3 heterocycles. The molecule has 4 rings (SSSR count). The van der Waals surface area contributed by atoms with Gasteiger partial charge in [-0.15, -0.1) is 4.68 Å². The molecule has 0 saturated carbocycles. The lowest BCUT2D eigenvalue weighted by Gasteiger charge is -2.32. The van der Waals surface area contributed by atoms with Crippen molar-refractivity contribution in [2.75, 3.05) is 45.9 Å². The van der Waals surface area contributed by atoms with Crippen LogP contribution >= 0.6 is 0 Å². The van der Waals surface area contributed by atoms with E-state index in [0.29, 0.717) is 11.5 Å². The van der Waals surface area contributed by atoms with E-state index in [1.807, 2.05) is 40.2 Å². The van der Waals surface area contributed by atoms with Crippen molar-refractivity contribution in [3.05, 3.63) is 54.5 Å². The van der Waals surface area contributed by atoms with Crippen LogP contribution in [-0.2, 0) is 4.74 Å². The summed E-state index contributed by atoms with van der Waals surface area (Å²) in [7, 11) is 0. The number of rotatable bonds is 7. The number of nitrogens with zero attached hydrogens (tertiary/aromatic N) is 4. The van der Waals surface area contributed by atoms with Crippen molar-refractivity contribution in [3.8, 4) is 5.82 Å². The molecular formula is C22H30N5O2+. The Morgan fingerprint density at radius 3 is 2.90 bits per heavy atom. The van der Waals surface area contributed by atoms with Crippen molar-refractivity contribution in [2.45, 2.75) is 19.3 Å². The summed E-state index contributed by atoms with van der Waals surface area (Å²) in [4.78, 5) is 22.2. The van der Waals surface area contributed by atoms with E-state index in [9.17, 15) is 4.79 Å². The quantitative estimate of drug-likeness (QED) is 0.573. The van der Waals surface area contributed by atoms with Crippen LogP contribution in [0.15, 0.2) is 48.9 Å². The number of carbonyl (C=O) groups is 1. The van der Waals surface area contributed by atoms with Gasteiger partial charge in [0.15, 0.2) is 6.20 Å². The number of nitrogens with one attached hydrogen (secondary N) is 1. The highest BCUT2D eigenvalue weighted by atomic mass is 16.5. The number of amides is 1. The average Bonchev–Trinajstić information content (AvgIpc) is 3.33. The number of aromatic nitrogens is 3. The van der Waals surface area contributed by atoms with Gasteiger partial charge in [-0.3, -0.25) is 9.69 Å². The molecule has 1 aliphatic heterocycles. The number of pyridine rings is 1. The maximum Gasteiger partial charge on any atom is 0.346 e. The Hall–Kier alpha value is -2.51. The van der Waals surface area contributed by atoms with E-state index >= 15 is 0 Å². The van der Waals surface area contributed by atoms with E-state index in [2.05, 4.69) is 27.1 Å². The fourth-order valence-electron chi connectivity index (χ4n) is 3.97. The van der Waals surface area contributed by atoms with Crippen molar-refractivity contribution in [1.82, 2.24) is 19.9 Å². The van der Waals surface area contributed by atoms with Gasteiger partial charge in [-0.25, -0.2) is 5.10 Å². The van der Waals surface area contributed by atoms with Gasteiger partial charge in [-0.1, -0.05) is 12.2 Å². The summed E-state index contributed by atoms with van der Waals surface area (Å²) < 4.78 is 7.26. The minimum Gasteiger partial charge on any atom is -0.379 e. The Balaban J connectivity index is 1.44. The number of morpholine rings is 1. The summed E-state index contributed by atoms with van der Waals surface area (Å²) in [6.07, 6.45) is 13.2. The van der Waals surface area contributed by atoms with E-state index in [-0.39, 0.29) is 5.91 Å². The molecule has 29 heavy (non-hydrogen) atoms. The predicted octanol–water partition coefficient (Wildman–Crippen LogP) is 1.82. The van der Waals surface area contributed by atoms with Gasteiger partial charge in [-0.2, -0.15) is 0 Å². The minimum atomic E-state index is 0.0725. The smallest absolute Gasteiger partial charge is 0.346 e. The van der Waals surface area contributed by atoms with Gasteiger partial charge in [0.05, 0.1) is 18.8 Å². The second-order valence-electron chi connectivity index (χ2n) is 7.77. The fourth-order valence-corrected chi connectivity index (χ4v) is 3.97. The number of hydrogen-bond acceptors (Lipinski definition) is 4. The lowest BCUT2D eigenvalue weighted by Crippen LogP contribution is -2.44.